The summed E-state index contributed by atoms with van der Waals surface area (Å²) in [5.41, 5.74) is -0.549. The van der Waals surface area contributed by atoms with Crippen LogP contribution in [0.3, 0.4) is 0 Å². The van der Waals surface area contributed by atoms with Gasteiger partial charge in [-0.05, 0) is 72.1 Å². The van der Waals surface area contributed by atoms with Gasteiger partial charge in [0.1, 0.15) is 5.60 Å². The van der Waals surface area contributed by atoms with E-state index >= 15 is 0 Å². The van der Waals surface area contributed by atoms with Crippen LogP contribution in [0.5, 0.6) is 0 Å². The number of hydrogen-bond acceptors (Lipinski definition) is 6. The molecule has 0 rings (SSSR count). The molecule has 0 fully saturated rings. The number of carbonyl (C=O) groups excluding carboxylic acids is 3. The molecule has 0 aromatic rings. The normalized spacial score (nSPS) is 11.9. The molecule has 0 atom stereocenters. The third-order valence-corrected chi connectivity index (χ3v) is 5.06. The second-order valence-corrected chi connectivity index (χ2v) is 9.95. The van der Waals surface area contributed by atoms with Gasteiger partial charge in [0.05, 0.1) is 13.2 Å². The van der Waals surface area contributed by atoms with E-state index in [2.05, 4.69) is 48.7 Å². The van der Waals surface area contributed by atoms with Crippen LogP contribution >= 0.6 is 0 Å². The summed E-state index contributed by atoms with van der Waals surface area (Å²) in [6, 6.07) is 0. The van der Waals surface area contributed by atoms with Crippen LogP contribution in [0.25, 0.3) is 0 Å². The number of unbranched alkanes of at least 4 members (excludes halogenated alkanes) is 5. The molecule has 0 radical (unpaired) electrons. The van der Waals surface area contributed by atoms with Crippen LogP contribution in [0.4, 0.5) is 4.79 Å². The molecule has 0 aromatic carbocycles. The molecule has 0 aliphatic rings. The largest absolute Gasteiger partial charge is 0.466 e. The predicted octanol–water partition coefficient (Wildman–Crippen LogP) is 7.36. The Morgan fingerprint density at radius 1 is 0.676 bits per heavy atom. The number of allylic oxidation sites excluding steroid dienone is 6. The first-order valence-electron chi connectivity index (χ1n) is 14.0. The highest BCUT2D eigenvalue weighted by molar-refractivity contribution is 5.70. The minimum atomic E-state index is -0.549. The molecular weight excluding hydrogens is 470 g/mol. The van der Waals surface area contributed by atoms with Crippen molar-refractivity contribution in [2.24, 2.45) is 0 Å². The molecule has 0 saturated carbocycles. The minimum Gasteiger partial charge on any atom is -0.466 e. The van der Waals surface area contributed by atoms with Crippen LogP contribution < -0.4 is 5.32 Å². The van der Waals surface area contributed by atoms with Crippen LogP contribution in [0.1, 0.15) is 111 Å². The Morgan fingerprint density at radius 2 is 1.19 bits per heavy atom. The summed E-state index contributed by atoms with van der Waals surface area (Å²) in [6.45, 7) is 8.38. The van der Waals surface area contributed by atoms with E-state index in [1.165, 1.54) is 25.7 Å². The fourth-order valence-electron chi connectivity index (χ4n) is 3.13. The number of carbonyl (C=O) groups is 3. The van der Waals surface area contributed by atoms with Gasteiger partial charge >= 0.3 is 18.0 Å². The Labute approximate surface area is 225 Å². The lowest BCUT2D eigenvalue weighted by molar-refractivity contribution is -0.146. The summed E-state index contributed by atoms with van der Waals surface area (Å²) >= 11 is 0. The highest BCUT2D eigenvalue weighted by atomic mass is 16.6. The van der Waals surface area contributed by atoms with E-state index in [0.29, 0.717) is 25.8 Å². The van der Waals surface area contributed by atoms with E-state index < -0.39 is 11.7 Å². The molecule has 0 aliphatic heterocycles. The van der Waals surface area contributed by atoms with Gasteiger partial charge in [-0.1, -0.05) is 56.2 Å². The summed E-state index contributed by atoms with van der Waals surface area (Å²) < 4.78 is 15.4. The number of esters is 2. The molecule has 0 spiro atoms. The molecule has 37 heavy (non-hydrogen) atoms. The zero-order chi connectivity index (χ0) is 27.6. The SMILES string of the molecule is CCCCC/C=C\C/C=C\C/C=C\CCCCC(=O)OCCCOC(=O)CCCNC(=O)OC(C)(C)C. The standard InChI is InChI=1S/C30H51NO6/c1-5-6-7-8-9-10-11-12-13-14-15-16-17-18-19-22-27(32)35-25-21-26-36-28(33)23-20-24-31-29(34)37-30(2,3)4/h9-10,12-13,15-16H,5-8,11,14,17-26H2,1-4H3,(H,31,34)/b10-9-,13-12-,16-15-. The van der Waals surface area contributed by atoms with Crippen molar-refractivity contribution in [1.82, 2.24) is 5.32 Å². The Balaban J connectivity index is 3.52. The topological polar surface area (TPSA) is 90.9 Å². The molecule has 0 saturated heterocycles. The van der Waals surface area contributed by atoms with Crippen molar-refractivity contribution in [2.75, 3.05) is 19.8 Å². The fraction of sp³-hybridized carbons (Fsp3) is 0.700. The smallest absolute Gasteiger partial charge is 0.407 e. The van der Waals surface area contributed by atoms with Crippen LogP contribution in [0.15, 0.2) is 36.5 Å². The predicted molar refractivity (Wildman–Crippen MR) is 149 cm³/mol. The lowest BCUT2D eigenvalue weighted by atomic mass is 10.1. The van der Waals surface area contributed by atoms with Gasteiger partial charge in [-0.25, -0.2) is 4.79 Å². The Bertz CT molecular complexity index is 691. The number of nitrogens with one attached hydrogen (secondary N) is 1. The monoisotopic (exact) mass is 521 g/mol. The van der Waals surface area contributed by atoms with Crippen molar-refractivity contribution in [3.05, 3.63) is 36.5 Å². The highest BCUT2D eigenvalue weighted by Gasteiger charge is 2.15. The molecule has 1 amide bonds. The number of ether oxygens (including phenoxy) is 3. The fourth-order valence-corrected chi connectivity index (χ4v) is 3.13. The first-order valence-corrected chi connectivity index (χ1v) is 14.0. The van der Waals surface area contributed by atoms with Crippen molar-refractivity contribution in [3.63, 3.8) is 0 Å². The van der Waals surface area contributed by atoms with E-state index in [1.807, 2.05) is 0 Å². The highest BCUT2D eigenvalue weighted by Crippen LogP contribution is 2.07. The molecule has 212 valence electrons. The molecule has 0 unspecified atom stereocenters. The van der Waals surface area contributed by atoms with Gasteiger partial charge in [0.25, 0.3) is 0 Å². The Morgan fingerprint density at radius 3 is 1.73 bits per heavy atom. The van der Waals surface area contributed by atoms with Gasteiger partial charge in [0.2, 0.25) is 0 Å². The maximum absolute atomic E-state index is 11.8. The van der Waals surface area contributed by atoms with Crippen molar-refractivity contribution in [1.29, 1.82) is 0 Å². The van der Waals surface area contributed by atoms with Gasteiger partial charge in [-0.3, -0.25) is 9.59 Å². The van der Waals surface area contributed by atoms with E-state index in [4.69, 9.17) is 14.2 Å². The molecule has 7 heteroatoms. The molecule has 0 heterocycles. The van der Waals surface area contributed by atoms with Crippen molar-refractivity contribution >= 4 is 18.0 Å². The number of rotatable bonds is 21. The lowest BCUT2D eigenvalue weighted by Gasteiger charge is -2.19. The van der Waals surface area contributed by atoms with Gasteiger partial charge < -0.3 is 19.5 Å². The minimum absolute atomic E-state index is 0.205. The van der Waals surface area contributed by atoms with Crippen LogP contribution in [-0.4, -0.2) is 43.4 Å². The van der Waals surface area contributed by atoms with Gasteiger partial charge in [0, 0.05) is 25.8 Å². The summed E-state index contributed by atoms with van der Waals surface area (Å²) in [5, 5.41) is 2.60. The summed E-state index contributed by atoms with van der Waals surface area (Å²) in [7, 11) is 0. The van der Waals surface area contributed by atoms with Crippen LogP contribution in [-0.2, 0) is 23.8 Å². The number of alkyl carbamates (subject to hydrolysis) is 1. The van der Waals surface area contributed by atoms with Crippen molar-refractivity contribution in [3.8, 4) is 0 Å². The van der Waals surface area contributed by atoms with Crippen LogP contribution in [0, 0.1) is 0 Å². The van der Waals surface area contributed by atoms with E-state index in [1.54, 1.807) is 20.8 Å². The molecular formula is C30H51NO6. The maximum atomic E-state index is 11.8. The molecule has 0 aromatic heterocycles. The summed E-state index contributed by atoms with van der Waals surface area (Å²) in [4.78, 5) is 35.0. The second kappa shape index (κ2) is 23.8. The van der Waals surface area contributed by atoms with Gasteiger partial charge in [-0.2, -0.15) is 0 Å². The molecule has 1 N–H and O–H groups in total. The van der Waals surface area contributed by atoms with Gasteiger partial charge in [-0.15, -0.1) is 0 Å². The quantitative estimate of drug-likeness (QED) is 0.0734. The molecule has 0 bridgehead atoms. The molecule has 7 nitrogen and oxygen atoms in total. The molecule has 0 aliphatic carbocycles. The lowest BCUT2D eigenvalue weighted by Crippen LogP contribution is -2.33. The Kier molecular flexibility index (Phi) is 22.2. The van der Waals surface area contributed by atoms with Crippen molar-refractivity contribution in [2.45, 2.75) is 117 Å². The second-order valence-electron chi connectivity index (χ2n) is 9.95. The van der Waals surface area contributed by atoms with Crippen LogP contribution in [0.2, 0.25) is 0 Å². The third kappa shape index (κ3) is 27.9. The summed E-state index contributed by atoms with van der Waals surface area (Å²) in [5.74, 6) is -0.551. The third-order valence-electron chi connectivity index (χ3n) is 5.06. The zero-order valence-electron chi connectivity index (χ0n) is 23.7. The van der Waals surface area contributed by atoms with E-state index in [-0.39, 0.29) is 31.6 Å². The first-order chi connectivity index (χ1) is 17.7. The van der Waals surface area contributed by atoms with E-state index in [9.17, 15) is 14.4 Å². The number of amides is 1. The number of hydrogen-bond donors (Lipinski definition) is 1. The van der Waals surface area contributed by atoms with E-state index in [0.717, 1.165) is 32.1 Å². The van der Waals surface area contributed by atoms with Crippen molar-refractivity contribution < 1.29 is 28.6 Å². The van der Waals surface area contributed by atoms with Gasteiger partial charge in [0.15, 0.2) is 0 Å². The average molecular weight is 522 g/mol. The average Bonchev–Trinajstić information content (AvgIpc) is 2.83. The summed E-state index contributed by atoms with van der Waals surface area (Å²) in [6.07, 6.45) is 24.0. The maximum Gasteiger partial charge on any atom is 0.407 e. The zero-order valence-corrected chi connectivity index (χ0v) is 23.7. The first kappa shape index (κ1) is 34.4. The Hall–Kier alpha value is -2.57.